The van der Waals surface area contributed by atoms with Crippen LogP contribution in [0.3, 0.4) is 0 Å². The number of nitrogens with zero attached hydrogens (tertiary/aromatic N) is 2. The summed E-state index contributed by atoms with van der Waals surface area (Å²) in [7, 11) is 0. The van der Waals surface area contributed by atoms with E-state index in [1.807, 2.05) is 31.2 Å². The highest BCUT2D eigenvalue weighted by molar-refractivity contribution is 9.10. The number of rotatable bonds is 3. The third-order valence-electron chi connectivity index (χ3n) is 2.42. The SMILES string of the molecule is CCc1cc(C(=O)O)nn1-c1cccc(Br)c1. The first-order valence-corrected chi connectivity index (χ1v) is 5.99. The van der Waals surface area contributed by atoms with Gasteiger partial charge in [0.15, 0.2) is 5.69 Å². The van der Waals surface area contributed by atoms with Crippen LogP contribution in [-0.4, -0.2) is 20.9 Å². The molecule has 4 nitrogen and oxygen atoms in total. The number of aromatic nitrogens is 2. The molecule has 0 spiro atoms. The monoisotopic (exact) mass is 294 g/mol. The van der Waals surface area contributed by atoms with E-state index in [1.54, 1.807) is 10.7 Å². The topological polar surface area (TPSA) is 55.1 Å². The molecule has 0 aliphatic rings. The maximum Gasteiger partial charge on any atom is 0.356 e. The van der Waals surface area contributed by atoms with Gasteiger partial charge in [0.2, 0.25) is 0 Å². The Morgan fingerprint density at radius 3 is 2.82 bits per heavy atom. The first-order chi connectivity index (χ1) is 8.11. The first kappa shape index (κ1) is 11.9. The van der Waals surface area contributed by atoms with Crippen molar-refractivity contribution < 1.29 is 9.90 Å². The summed E-state index contributed by atoms with van der Waals surface area (Å²) in [5.41, 5.74) is 1.80. The Kier molecular flexibility index (Phi) is 3.28. The second kappa shape index (κ2) is 4.71. The van der Waals surface area contributed by atoms with Gasteiger partial charge in [0.25, 0.3) is 0 Å². The highest BCUT2D eigenvalue weighted by Gasteiger charge is 2.13. The van der Waals surface area contributed by atoms with Gasteiger partial charge in [-0.1, -0.05) is 28.9 Å². The highest BCUT2D eigenvalue weighted by Crippen LogP contribution is 2.18. The predicted octanol–water partition coefficient (Wildman–Crippen LogP) is 2.90. The number of carboxylic acid groups (broad SMARTS) is 1. The van der Waals surface area contributed by atoms with Crippen LogP contribution in [0.25, 0.3) is 5.69 Å². The van der Waals surface area contributed by atoms with Crippen molar-refractivity contribution in [3.8, 4) is 5.69 Å². The fraction of sp³-hybridized carbons (Fsp3) is 0.167. The minimum absolute atomic E-state index is 0.0711. The summed E-state index contributed by atoms with van der Waals surface area (Å²) in [5.74, 6) is -1.01. The number of benzene rings is 1. The van der Waals surface area contributed by atoms with Crippen molar-refractivity contribution in [2.24, 2.45) is 0 Å². The quantitative estimate of drug-likeness (QED) is 0.947. The van der Waals surface area contributed by atoms with Gasteiger partial charge in [-0.25, -0.2) is 9.48 Å². The van der Waals surface area contributed by atoms with Gasteiger partial charge < -0.3 is 5.11 Å². The van der Waals surface area contributed by atoms with Crippen LogP contribution in [0, 0.1) is 0 Å². The van der Waals surface area contributed by atoms with Crippen molar-refractivity contribution in [3.63, 3.8) is 0 Å². The average Bonchev–Trinajstić information content (AvgIpc) is 2.73. The number of carbonyl (C=O) groups is 1. The Balaban J connectivity index is 2.54. The Bertz CT molecular complexity index is 563. The first-order valence-electron chi connectivity index (χ1n) is 5.20. The summed E-state index contributed by atoms with van der Waals surface area (Å²) in [6.45, 7) is 1.97. The summed E-state index contributed by atoms with van der Waals surface area (Å²) < 4.78 is 2.60. The molecule has 1 aromatic carbocycles. The zero-order chi connectivity index (χ0) is 12.4. The molecule has 0 atom stereocenters. The van der Waals surface area contributed by atoms with Gasteiger partial charge in [-0.15, -0.1) is 0 Å². The molecule has 2 aromatic rings. The number of hydrogen-bond donors (Lipinski definition) is 1. The molecule has 88 valence electrons. The van der Waals surface area contributed by atoms with E-state index in [0.29, 0.717) is 0 Å². The largest absolute Gasteiger partial charge is 0.476 e. The minimum Gasteiger partial charge on any atom is -0.476 e. The molecular weight excluding hydrogens is 284 g/mol. The predicted molar refractivity (Wildman–Crippen MR) is 67.6 cm³/mol. The van der Waals surface area contributed by atoms with E-state index in [1.165, 1.54) is 0 Å². The smallest absolute Gasteiger partial charge is 0.356 e. The number of carboxylic acids is 1. The van der Waals surface area contributed by atoms with Crippen LogP contribution >= 0.6 is 15.9 Å². The molecule has 0 bridgehead atoms. The van der Waals surface area contributed by atoms with E-state index in [-0.39, 0.29) is 5.69 Å². The lowest BCUT2D eigenvalue weighted by atomic mass is 10.2. The molecule has 5 heteroatoms. The summed E-state index contributed by atoms with van der Waals surface area (Å²) in [4.78, 5) is 10.9. The van der Waals surface area contributed by atoms with Gasteiger partial charge in [0.1, 0.15) is 0 Å². The summed E-state index contributed by atoms with van der Waals surface area (Å²) in [6.07, 6.45) is 0.729. The summed E-state index contributed by atoms with van der Waals surface area (Å²) in [6, 6.07) is 9.20. The van der Waals surface area contributed by atoms with Crippen molar-refractivity contribution >= 4 is 21.9 Å². The van der Waals surface area contributed by atoms with Crippen molar-refractivity contribution in [1.82, 2.24) is 9.78 Å². The van der Waals surface area contributed by atoms with Crippen LogP contribution in [-0.2, 0) is 6.42 Å². The Hall–Kier alpha value is -1.62. The molecule has 1 heterocycles. The second-order valence-corrected chi connectivity index (χ2v) is 4.49. The molecule has 0 radical (unpaired) electrons. The van der Waals surface area contributed by atoms with E-state index in [0.717, 1.165) is 22.3 Å². The maximum absolute atomic E-state index is 10.9. The Morgan fingerprint density at radius 1 is 1.47 bits per heavy atom. The number of hydrogen-bond acceptors (Lipinski definition) is 2. The molecule has 0 saturated heterocycles. The van der Waals surface area contributed by atoms with Gasteiger partial charge in [-0.05, 0) is 30.7 Å². The summed E-state index contributed by atoms with van der Waals surface area (Å²) in [5, 5.41) is 13.0. The molecular formula is C12H11BrN2O2. The Labute approximate surface area is 107 Å². The minimum atomic E-state index is -1.01. The van der Waals surface area contributed by atoms with E-state index in [4.69, 9.17) is 5.11 Å². The number of aromatic carboxylic acids is 1. The molecule has 1 N–H and O–H groups in total. The van der Waals surface area contributed by atoms with Crippen LogP contribution in [0.4, 0.5) is 0 Å². The molecule has 0 saturated carbocycles. The maximum atomic E-state index is 10.9. The summed E-state index contributed by atoms with van der Waals surface area (Å²) >= 11 is 3.38. The molecule has 0 aliphatic carbocycles. The fourth-order valence-electron chi connectivity index (χ4n) is 1.61. The molecule has 2 rings (SSSR count). The molecule has 1 aromatic heterocycles. The van der Waals surface area contributed by atoms with E-state index >= 15 is 0 Å². The lowest BCUT2D eigenvalue weighted by Gasteiger charge is -2.05. The normalized spacial score (nSPS) is 10.5. The molecule has 17 heavy (non-hydrogen) atoms. The average molecular weight is 295 g/mol. The zero-order valence-electron chi connectivity index (χ0n) is 9.22. The second-order valence-electron chi connectivity index (χ2n) is 3.57. The molecule has 0 amide bonds. The van der Waals surface area contributed by atoms with Gasteiger partial charge in [-0.2, -0.15) is 5.10 Å². The van der Waals surface area contributed by atoms with Gasteiger partial charge in [-0.3, -0.25) is 0 Å². The van der Waals surface area contributed by atoms with E-state index < -0.39 is 5.97 Å². The van der Waals surface area contributed by atoms with Crippen LogP contribution in [0.5, 0.6) is 0 Å². The van der Waals surface area contributed by atoms with E-state index in [2.05, 4.69) is 21.0 Å². The van der Waals surface area contributed by atoms with Gasteiger partial charge >= 0.3 is 5.97 Å². The van der Waals surface area contributed by atoms with Crippen molar-refractivity contribution in [1.29, 1.82) is 0 Å². The van der Waals surface area contributed by atoms with E-state index in [9.17, 15) is 4.79 Å². The number of aryl methyl sites for hydroxylation is 1. The molecule has 0 unspecified atom stereocenters. The van der Waals surface area contributed by atoms with Crippen molar-refractivity contribution in [2.75, 3.05) is 0 Å². The van der Waals surface area contributed by atoms with Crippen molar-refractivity contribution in [2.45, 2.75) is 13.3 Å². The fourth-order valence-corrected chi connectivity index (χ4v) is 1.99. The lowest BCUT2D eigenvalue weighted by Crippen LogP contribution is -2.03. The zero-order valence-corrected chi connectivity index (χ0v) is 10.8. The highest BCUT2D eigenvalue weighted by atomic mass is 79.9. The van der Waals surface area contributed by atoms with Crippen LogP contribution in [0.15, 0.2) is 34.8 Å². The standard InChI is InChI=1S/C12H11BrN2O2/c1-2-9-7-11(12(16)17)14-15(9)10-5-3-4-8(13)6-10/h3-7H,2H2,1H3,(H,16,17). The lowest BCUT2D eigenvalue weighted by molar-refractivity contribution is 0.0690. The molecule has 0 aliphatic heterocycles. The van der Waals surface area contributed by atoms with Gasteiger partial charge in [0, 0.05) is 10.2 Å². The van der Waals surface area contributed by atoms with Crippen LogP contribution in [0.1, 0.15) is 23.1 Å². The van der Waals surface area contributed by atoms with Crippen LogP contribution < -0.4 is 0 Å². The van der Waals surface area contributed by atoms with Crippen LogP contribution in [0.2, 0.25) is 0 Å². The third kappa shape index (κ3) is 2.39. The van der Waals surface area contributed by atoms with Crippen molar-refractivity contribution in [3.05, 3.63) is 46.2 Å². The Morgan fingerprint density at radius 2 is 2.24 bits per heavy atom. The molecule has 0 fully saturated rings. The number of halogens is 1. The third-order valence-corrected chi connectivity index (χ3v) is 2.91. The van der Waals surface area contributed by atoms with Gasteiger partial charge in [0.05, 0.1) is 5.69 Å².